The molecule has 27 heavy (non-hydrogen) atoms. The van der Waals surface area contributed by atoms with E-state index in [0.29, 0.717) is 18.5 Å². The van der Waals surface area contributed by atoms with Gasteiger partial charge in [-0.3, -0.25) is 4.79 Å². The molecule has 134 valence electrons. The predicted molar refractivity (Wildman–Crippen MR) is 101 cm³/mol. The number of aromatic nitrogens is 2. The number of nitrogens with zero attached hydrogens (tertiary/aromatic N) is 2. The van der Waals surface area contributed by atoms with E-state index in [1.807, 2.05) is 53.9 Å². The molecule has 1 atom stereocenters. The van der Waals surface area contributed by atoms with Crippen molar-refractivity contribution in [2.45, 2.75) is 25.8 Å². The number of carbonyl (C=O) groups is 1. The van der Waals surface area contributed by atoms with Crippen LogP contribution < -0.4 is 10.9 Å². The minimum atomic E-state index is -0.369. The highest BCUT2D eigenvalue weighted by molar-refractivity contribution is 5.82. The molecule has 3 aromatic heterocycles. The predicted octanol–water partition coefficient (Wildman–Crippen LogP) is 2.90. The second-order valence-electron chi connectivity index (χ2n) is 6.91. The minimum Gasteiger partial charge on any atom is -0.423 e. The van der Waals surface area contributed by atoms with E-state index in [4.69, 9.17) is 4.42 Å². The number of aryl methyl sites for hydroxylation is 1. The van der Waals surface area contributed by atoms with Crippen LogP contribution >= 0.6 is 0 Å². The van der Waals surface area contributed by atoms with Crippen molar-refractivity contribution in [3.05, 3.63) is 81.6 Å². The Labute approximate surface area is 154 Å². The van der Waals surface area contributed by atoms with Gasteiger partial charge in [0.05, 0.1) is 17.9 Å². The Morgan fingerprint density at radius 2 is 2.07 bits per heavy atom. The lowest BCUT2D eigenvalue weighted by Crippen LogP contribution is -2.21. The molecule has 6 nitrogen and oxygen atoms in total. The molecule has 0 unspecified atom stereocenters. The van der Waals surface area contributed by atoms with Crippen LogP contribution in [0.5, 0.6) is 0 Å². The van der Waals surface area contributed by atoms with E-state index in [1.54, 1.807) is 0 Å². The van der Waals surface area contributed by atoms with Gasteiger partial charge in [-0.1, -0.05) is 18.2 Å². The van der Waals surface area contributed by atoms with Gasteiger partial charge in [-0.05, 0) is 36.2 Å². The summed E-state index contributed by atoms with van der Waals surface area (Å²) >= 11 is 0. The Kier molecular flexibility index (Phi) is 3.40. The summed E-state index contributed by atoms with van der Waals surface area (Å²) in [5.41, 5.74) is 4.69. The van der Waals surface area contributed by atoms with Crippen molar-refractivity contribution in [1.29, 1.82) is 0 Å². The van der Waals surface area contributed by atoms with Gasteiger partial charge in [0.15, 0.2) is 0 Å². The molecule has 0 aliphatic carbocycles. The summed E-state index contributed by atoms with van der Waals surface area (Å²) in [5, 5.41) is 3.83. The van der Waals surface area contributed by atoms with E-state index < -0.39 is 0 Å². The molecule has 0 bridgehead atoms. The number of nitrogens with one attached hydrogen (secondary N) is 1. The molecule has 0 radical (unpaired) electrons. The quantitative estimate of drug-likeness (QED) is 0.530. The zero-order valence-electron chi connectivity index (χ0n) is 14.7. The Balaban J connectivity index is 1.75. The highest BCUT2D eigenvalue weighted by Crippen LogP contribution is 2.34. The summed E-state index contributed by atoms with van der Waals surface area (Å²) in [6.45, 7) is 2.30. The first-order valence-corrected chi connectivity index (χ1v) is 8.87. The summed E-state index contributed by atoms with van der Waals surface area (Å²) in [5.74, 6) is -0.191. The maximum atomic E-state index is 12.3. The Morgan fingerprint density at radius 1 is 1.19 bits per heavy atom. The molecule has 5 rings (SSSR count). The normalized spacial score (nSPS) is 16.9. The van der Waals surface area contributed by atoms with Gasteiger partial charge in [-0.2, -0.15) is 0 Å². The van der Waals surface area contributed by atoms with E-state index in [0.717, 1.165) is 33.5 Å². The number of rotatable bonds is 1. The monoisotopic (exact) mass is 359 g/mol. The summed E-state index contributed by atoms with van der Waals surface area (Å²) in [6.07, 6.45) is 2.28. The fourth-order valence-corrected chi connectivity index (χ4v) is 3.93. The zero-order chi connectivity index (χ0) is 18.5. The van der Waals surface area contributed by atoms with E-state index >= 15 is 0 Å². The molecule has 0 saturated heterocycles. The van der Waals surface area contributed by atoms with Gasteiger partial charge in [-0.15, -0.1) is 0 Å². The molecule has 1 amide bonds. The van der Waals surface area contributed by atoms with Gasteiger partial charge in [0, 0.05) is 30.0 Å². The molecular weight excluding hydrogens is 342 g/mol. The number of hydrogen-bond donors (Lipinski definition) is 1. The first kappa shape index (κ1) is 15.8. The van der Waals surface area contributed by atoms with Crippen LogP contribution in [0.25, 0.3) is 16.6 Å². The standard InChI is InChI=1S/C21H17N3O3/c1-12-8-20(26)27-17-9-13(5-6-14(12)17)15-10-19(25)22-11-16-21(15)24-7-3-2-4-18(24)23-16/h2-9,15H,10-11H2,1H3,(H,22,25)/t15-/m1/s1. The van der Waals surface area contributed by atoms with Crippen LogP contribution in [-0.2, 0) is 11.3 Å². The number of carbonyl (C=O) groups excluding carboxylic acids is 1. The number of fused-ring (bicyclic) bond motifs is 4. The molecule has 4 heterocycles. The third-order valence-corrected chi connectivity index (χ3v) is 5.19. The molecule has 1 aliphatic rings. The molecule has 1 aliphatic heterocycles. The first-order valence-electron chi connectivity index (χ1n) is 8.87. The molecule has 1 N–H and O–H groups in total. The van der Waals surface area contributed by atoms with Crippen LogP contribution in [0.3, 0.4) is 0 Å². The fraction of sp³-hybridized carbons (Fsp3) is 0.190. The largest absolute Gasteiger partial charge is 0.423 e. The molecular formula is C21H17N3O3. The van der Waals surface area contributed by atoms with Gasteiger partial charge in [0.1, 0.15) is 11.2 Å². The average Bonchev–Trinajstić information content (AvgIpc) is 2.93. The highest BCUT2D eigenvalue weighted by Gasteiger charge is 2.29. The van der Waals surface area contributed by atoms with Crippen LogP contribution in [0.4, 0.5) is 0 Å². The maximum Gasteiger partial charge on any atom is 0.336 e. The number of amides is 1. The third kappa shape index (κ3) is 2.52. The van der Waals surface area contributed by atoms with Crippen molar-refractivity contribution in [1.82, 2.24) is 14.7 Å². The number of hydrogen-bond acceptors (Lipinski definition) is 4. The van der Waals surface area contributed by atoms with Crippen molar-refractivity contribution >= 4 is 22.5 Å². The van der Waals surface area contributed by atoms with E-state index in [9.17, 15) is 9.59 Å². The Morgan fingerprint density at radius 3 is 2.96 bits per heavy atom. The van der Waals surface area contributed by atoms with Crippen molar-refractivity contribution in [3.63, 3.8) is 0 Å². The van der Waals surface area contributed by atoms with Crippen LogP contribution in [0, 0.1) is 6.92 Å². The van der Waals surface area contributed by atoms with E-state index in [-0.39, 0.29) is 17.5 Å². The SMILES string of the molecule is Cc1cc(=O)oc2cc([C@H]3CC(=O)NCc4nc5ccccn5c43)ccc12. The zero-order valence-corrected chi connectivity index (χ0v) is 14.7. The summed E-state index contributed by atoms with van der Waals surface area (Å²) in [4.78, 5) is 28.8. The number of imidazole rings is 1. The van der Waals surface area contributed by atoms with Crippen LogP contribution in [0.1, 0.15) is 34.9 Å². The van der Waals surface area contributed by atoms with Crippen molar-refractivity contribution in [2.24, 2.45) is 0 Å². The number of pyridine rings is 1. The molecule has 0 saturated carbocycles. The van der Waals surface area contributed by atoms with Crippen molar-refractivity contribution < 1.29 is 9.21 Å². The molecule has 4 aromatic rings. The third-order valence-electron chi connectivity index (χ3n) is 5.19. The average molecular weight is 359 g/mol. The lowest BCUT2D eigenvalue weighted by Gasteiger charge is -2.16. The number of benzene rings is 1. The van der Waals surface area contributed by atoms with Crippen molar-refractivity contribution in [2.75, 3.05) is 0 Å². The van der Waals surface area contributed by atoms with Crippen molar-refractivity contribution in [3.8, 4) is 0 Å². The molecule has 0 spiro atoms. The van der Waals surface area contributed by atoms with Gasteiger partial charge in [0.25, 0.3) is 0 Å². The second-order valence-corrected chi connectivity index (χ2v) is 6.91. The van der Waals surface area contributed by atoms with Crippen LogP contribution in [-0.4, -0.2) is 15.3 Å². The summed E-state index contributed by atoms with van der Waals surface area (Å²) < 4.78 is 7.45. The van der Waals surface area contributed by atoms with E-state index in [1.165, 1.54) is 6.07 Å². The molecule has 1 aromatic carbocycles. The molecule has 0 fully saturated rings. The van der Waals surface area contributed by atoms with Gasteiger partial charge in [-0.25, -0.2) is 9.78 Å². The lowest BCUT2D eigenvalue weighted by atomic mass is 9.90. The first-order chi connectivity index (χ1) is 13.1. The van der Waals surface area contributed by atoms with Gasteiger partial charge >= 0.3 is 5.63 Å². The minimum absolute atomic E-state index is 0.0199. The Bertz CT molecular complexity index is 1270. The second kappa shape index (κ2) is 5.81. The van der Waals surface area contributed by atoms with Crippen LogP contribution in [0.2, 0.25) is 0 Å². The van der Waals surface area contributed by atoms with E-state index in [2.05, 4.69) is 10.3 Å². The topological polar surface area (TPSA) is 76.6 Å². The maximum absolute atomic E-state index is 12.3. The van der Waals surface area contributed by atoms with Crippen LogP contribution in [0.15, 0.2) is 57.9 Å². The van der Waals surface area contributed by atoms with Gasteiger partial charge in [0.2, 0.25) is 5.91 Å². The Hall–Kier alpha value is -3.41. The van der Waals surface area contributed by atoms with Gasteiger partial charge < -0.3 is 14.1 Å². The molecule has 6 heteroatoms. The summed E-state index contributed by atoms with van der Waals surface area (Å²) in [6, 6.07) is 13.2. The summed E-state index contributed by atoms with van der Waals surface area (Å²) in [7, 11) is 0. The lowest BCUT2D eigenvalue weighted by molar-refractivity contribution is -0.121. The highest BCUT2D eigenvalue weighted by atomic mass is 16.4. The fourth-order valence-electron chi connectivity index (χ4n) is 3.93. The smallest absolute Gasteiger partial charge is 0.336 e.